The molecule has 2 rings (SSSR count). The van der Waals surface area contributed by atoms with E-state index in [1.165, 1.54) is 18.2 Å². The lowest BCUT2D eigenvalue weighted by Crippen LogP contribution is -2.12. The number of benzene rings is 2. The van der Waals surface area contributed by atoms with Crippen LogP contribution in [0.15, 0.2) is 36.4 Å². The van der Waals surface area contributed by atoms with Gasteiger partial charge in [-0.3, -0.25) is 4.79 Å². The summed E-state index contributed by atoms with van der Waals surface area (Å²) in [7, 11) is 0. The van der Waals surface area contributed by atoms with Crippen LogP contribution in [0.3, 0.4) is 0 Å². The Morgan fingerprint density at radius 2 is 1.63 bits per heavy atom. The van der Waals surface area contributed by atoms with E-state index in [1.54, 1.807) is 6.07 Å². The summed E-state index contributed by atoms with van der Waals surface area (Å²) in [5.74, 6) is -1.04. The molecule has 4 heteroatoms. The van der Waals surface area contributed by atoms with Gasteiger partial charge in [0.2, 0.25) is 0 Å². The highest BCUT2D eigenvalue weighted by molar-refractivity contribution is 6.08. The number of aryl methyl sites for hydroxylation is 2. The van der Waals surface area contributed by atoms with E-state index < -0.39 is 5.91 Å². The quantitative estimate of drug-likeness (QED) is 0.774. The Hall–Kier alpha value is -2.49. The van der Waals surface area contributed by atoms with Crippen molar-refractivity contribution in [2.24, 2.45) is 0 Å². The van der Waals surface area contributed by atoms with Gasteiger partial charge < -0.3 is 15.5 Å². The zero-order chi connectivity index (χ0) is 14.0. The summed E-state index contributed by atoms with van der Waals surface area (Å²) >= 11 is 0. The van der Waals surface area contributed by atoms with Crippen LogP contribution in [-0.2, 0) is 0 Å². The van der Waals surface area contributed by atoms with Gasteiger partial charge in [0.25, 0.3) is 5.91 Å². The molecule has 19 heavy (non-hydrogen) atoms. The number of anilines is 1. The highest BCUT2D eigenvalue weighted by Gasteiger charge is 2.16. The van der Waals surface area contributed by atoms with Crippen LogP contribution in [0.1, 0.15) is 21.5 Å². The van der Waals surface area contributed by atoms with Crippen LogP contribution in [0, 0.1) is 13.8 Å². The molecule has 98 valence electrons. The molecule has 0 spiro atoms. The number of carbonyl (C=O) groups is 1. The average molecular weight is 257 g/mol. The van der Waals surface area contributed by atoms with Gasteiger partial charge in [0.15, 0.2) is 0 Å². The van der Waals surface area contributed by atoms with Gasteiger partial charge in [-0.2, -0.15) is 0 Å². The smallest absolute Gasteiger partial charge is 0.263 e. The minimum Gasteiger partial charge on any atom is -0.507 e. The monoisotopic (exact) mass is 257 g/mol. The van der Waals surface area contributed by atoms with Crippen LogP contribution < -0.4 is 5.32 Å². The number of carbonyl (C=O) groups excluding carboxylic acids is 1. The van der Waals surface area contributed by atoms with Crippen molar-refractivity contribution in [2.45, 2.75) is 13.8 Å². The summed E-state index contributed by atoms with van der Waals surface area (Å²) in [6.07, 6.45) is 0. The molecule has 0 aliphatic carbocycles. The van der Waals surface area contributed by atoms with Gasteiger partial charge in [-0.05, 0) is 49.2 Å². The Labute approximate surface area is 111 Å². The number of aromatic hydroxyl groups is 2. The van der Waals surface area contributed by atoms with Gasteiger partial charge >= 0.3 is 0 Å². The van der Waals surface area contributed by atoms with Gasteiger partial charge in [0.1, 0.15) is 17.1 Å². The predicted octanol–water partition coefficient (Wildman–Crippen LogP) is 2.97. The van der Waals surface area contributed by atoms with Crippen molar-refractivity contribution in [3.8, 4) is 11.5 Å². The van der Waals surface area contributed by atoms with Crippen LogP contribution in [0.5, 0.6) is 11.5 Å². The van der Waals surface area contributed by atoms with E-state index in [1.807, 2.05) is 26.0 Å². The van der Waals surface area contributed by atoms with Gasteiger partial charge in [-0.15, -0.1) is 0 Å². The third kappa shape index (κ3) is 2.68. The van der Waals surface area contributed by atoms with E-state index in [0.29, 0.717) is 5.69 Å². The Bertz CT molecular complexity index is 615. The van der Waals surface area contributed by atoms with E-state index >= 15 is 0 Å². The molecule has 4 nitrogen and oxygen atoms in total. The molecule has 0 radical (unpaired) electrons. The van der Waals surface area contributed by atoms with E-state index in [2.05, 4.69) is 5.32 Å². The van der Waals surface area contributed by atoms with Crippen LogP contribution in [-0.4, -0.2) is 16.1 Å². The molecule has 1 amide bonds. The van der Waals surface area contributed by atoms with Crippen molar-refractivity contribution in [3.05, 3.63) is 53.1 Å². The molecular weight excluding hydrogens is 242 g/mol. The number of hydrogen-bond donors (Lipinski definition) is 3. The van der Waals surface area contributed by atoms with Crippen molar-refractivity contribution in [1.29, 1.82) is 0 Å². The van der Waals surface area contributed by atoms with E-state index in [9.17, 15) is 15.0 Å². The molecule has 0 unspecified atom stereocenters. The third-order valence-corrected chi connectivity index (χ3v) is 3.01. The molecule has 2 aromatic rings. The van der Waals surface area contributed by atoms with Crippen LogP contribution >= 0.6 is 0 Å². The van der Waals surface area contributed by atoms with Crippen LogP contribution in [0.2, 0.25) is 0 Å². The summed E-state index contributed by atoms with van der Waals surface area (Å²) < 4.78 is 0. The molecule has 0 aliphatic rings. The summed E-state index contributed by atoms with van der Waals surface area (Å²) in [5, 5.41) is 21.9. The van der Waals surface area contributed by atoms with E-state index in [-0.39, 0.29) is 17.1 Å². The number of hydrogen-bond acceptors (Lipinski definition) is 3. The van der Waals surface area contributed by atoms with Gasteiger partial charge in [-0.1, -0.05) is 12.1 Å². The fourth-order valence-corrected chi connectivity index (χ4v) is 1.77. The second kappa shape index (κ2) is 5.02. The second-order valence-electron chi connectivity index (χ2n) is 4.42. The fourth-order valence-electron chi connectivity index (χ4n) is 1.77. The Balaban J connectivity index is 2.28. The topological polar surface area (TPSA) is 69.6 Å². The van der Waals surface area contributed by atoms with Crippen molar-refractivity contribution < 1.29 is 15.0 Å². The Morgan fingerprint density at radius 1 is 1.00 bits per heavy atom. The van der Waals surface area contributed by atoms with Crippen LogP contribution in [0.4, 0.5) is 5.69 Å². The first-order chi connectivity index (χ1) is 8.99. The highest BCUT2D eigenvalue weighted by Crippen LogP contribution is 2.27. The number of nitrogens with one attached hydrogen (secondary N) is 1. The number of phenols is 2. The fraction of sp³-hybridized carbons (Fsp3) is 0.133. The SMILES string of the molecule is Cc1ccc(NC(=O)c2c(O)cccc2O)cc1C. The molecule has 0 aromatic heterocycles. The van der Waals surface area contributed by atoms with Gasteiger partial charge in [-0.25, -0.2) is 0 Å². The number of phenolic OH excluding ortho intramolecular Hbond substituents is 2. The molecule has 0 fully saturated rings. The Morgan fingerprint density at radius 3 is 2.21 bits per heavy atom. The second-order valence-corrected chi connectivity index (χ2v) is 4.42. The Kier molecular flexibility index (Phi) is 3.42. The van der Waals surface area contributed by atoms with Crippen molar-refractivity contribution in [1.82, 2.24) is 0 Å². The lowest BCUT2D eigenvalue weighted by molar-refractivity contribution is 0.102. The first kappa shape index (κ1) is 13.0. The van der Waals surface area contributed by atoms with Crippen molar-refractivity contribution in [3.63, 3.8) is 0 Å². The molecule has 0 atom stereocenters. The van der Waals surface area contributed by atoms with E-state index in [4.69, 9.17) is 0 Å². The normalized spacial score (nSPS) is 10.2. The van der Waals surface area contributed by atoms with E-state index in [0.717, 1.165) is 11.1 Å². The van der Waals surface area contributed by atoms with Gasteiger partial charge in [0, 0.05) is 5.69 Å². The molecule has 0 saturated carbocycles. The third-order valence-electron chi connectivity index (χ3n) is 3.01. The van der Waals surface area contributed by atoms with Crippen molar-refractivity contribution in [2.75, 3.05) is 5.32 Å². The summed E-state index contributed by atoms with van der Waals surface area (Å²) in [6, 6.07) is 9.69. The minimum absolute atomic E-state index is 0.124. The first-order valence-electron chi connectivity index (χ1n) is 5.88. The van der Waals surface area contributed by atoms with Crippen LogP contribution in [0.25, 0.3) is 0 Å². The maximum Gasteiger partial charge on any atom is 0.263 e. The lowest BCUT2D eigenvalue weighted by Gasteiger charge is -2.09. The summed E-state index contributed by atoms with van der Waals surface area (Å²) in [6.45, 7) is 3.93. The molecule has 0 heterocycles. The molecule has 0 aliphatic heterocycles. The predicted molar refractivity (Wildman–Crippen MR) is 73.6 cm³/mol. The van der Waals surface area contributed by atoms with Gasteiger partial charge in [0.05, 0.1) is 0 Å². The molecule has 0 bridgehead atoms. The number of amides is 1. The molecule has 2 aromatic carbocycles. The lowest BCUT2D eigenvalue weighted by atomic mass is 10.1. The summed E-state index contributed by atoms with van der Waals surface area (Å²) in [5.41, 5.74) is 2.68. The maximum atomic E-state index is 12.0. The summed E-state index contributed by atoms with van der Waals surface area (Å²) in [4.78, 5) is 12.0. The molecular formula is C15H15NO3. The molecule has 3 N–H and O–H groups in total. The largest absolute Gasteiger partial charge is 0.507 e. The average Bonchev–Trinajstić information content (AvgIpc) is 2.33. The standard InChI is InChI=1S/C15H15NO3/c1-9-6-7-11(8-10(9)2)16-15(19)14-12(17)4-3-5-13(14)18/h3-8,17-18H,1-2H3,(H,16,19). The maximum absolute atomic E-state index is 12.0. The van der Waals surface area contributed by atoms with Crippen molar-refractivity contribution >= 4 is 11.6 Å². The zero-order valence-corrected chi connectivity index (χ0v) is 10.8. The highest BCUT2D eigenvalue weighted by atomic mass is 16.3. The number of rotatable bonds is 2. The minimum atomic E-state index is -0.543. The zero-order valence-electron chi connectivity index (χ0n) is 10.8. The first-order valence-corrected chi connectivity index (χ1v) is 5.88. The molecule has 0 saturated heterocycles.